The zero-order chi connectivity index (χ0) is 17.1. The van der Waals surface area contributed by atoms with E-state index in [2.05, 4.69) is 15.0 Å². The number of rotatable bonds is 4. The Hall–Kier alpha value is -2.53. The Morgan fingerprint density at radius 3 is 2.80 bits per heavy atom. The van der Waals surface area contributed by atoms with E-state index in [0.29, 0.717) is 18.3 Å². The van der Waals surface area contributed by atoms with Crippen molar-refractivity contribution in [2.24, 2.45) is 0 Å². The fourth-order valence-electron chi connectivity index (χ4n) is 3.47. The van der Waals surface area contributed by atoms with Gasteiger partial charge < -0.3 is 4.52 Å². The van der Waals surface area contributed by atoms with Crippen LogP contribution < -0.4 is 0 Å². The van der Waals surface area contributed by atoms with Crippen LogP contribution in [0.2, 0.25) is 0 Å². The normalized spacial score (nSPS) is 18.4. The average Bonchev–Trinajstić information content (AvgIpc) is 3.11. The molecule has 25 heavy (non-hydrogen) atoms. The lowest BCUT2D eigenvalue weighted by Gasteiger charge is -2.35. The number of aromatic nitrogens is 2. The van der Waals surface area contributed by atoms with Crippen LogP contribution in [0.4, 0.5) is 4.39 Å². The van der Waals surface area contributed by atoms with Crippen molar-refractivity contribution < 1.29 is 8.91 Å². The number of piperidine rings is 1. The zero-order valence-corrected chi connectivity index (χ0v) is 13.9. The molecule has 0 aliphatic carbocycles. The summed E-state index contributed by atoms with van der Waals surface area (Å²) in [7, 11) is 0. The lowest BCUT2D eigenvalue weighted by Crippen LogP contribution is -2.33. The molecule has 1 fully saturated rings. The maximum absolute atomic E-state index is 13.6. The molecule has 1 aliphatic heterocycles. The van der Waals surface area contributed by atoms with Gasteiger partial charge in [-0.25, -0.2) is 4.39 Å². The van der Waals surface area contributed by atoms with E-state index in [1.54, 1.807) is 12.1 Å². The largest absolute Gasteiger partial charge is 0.338 e. The average molecular weight is 337 g/mol. The number of halogens is 1. The van der Waals surface area contributed by atoms with Gasteiger partial charge in [0.1, 0.15) is 5.82 Å². The summed E-state index contributed by atoms with van der Waals surface area (Å²) in [6.07, 6.45) is 3.30. The van der Waals surface area contributed by atoms with E-state index in [-0.39, 0.29) is 11.9 Å². The second kappa shape index (κ2) is 7.15. The van der Waals surface area contributed by atoms with Crippen LogP contribution in [0.5, 0.6) is 0 Å². The van der Waals surface area contributed by atoms with Crippen molar-refractivity contribution in [3.8, 4) is 11.4 Å². The minimum Gasteiger partial charge on any atom is -0.338 e. The summed E-state index contributed by atoms with van der Waals surface area (Å²) in [5, 5.41) is 4.09. The number of likely N-dealkylation sites (tertiary alicyclic amines) is 1. The first-order valence-electron chi connectivity index (χ1n) is 8.67. The summed E-state index contributed by atoms with van der Waals surface area (Å²) >= 11 is 0. The highest BCUT2D eigenvalue weighted by Gasteiger charge is 2.26. The Morgan fingerprint density at radius 1 is 1.08 bits per heavy atom. The molecule has 128 valence electrons. The number of hydrogen-bond acceptors (Lipinski definition) is 4. The molecule has 0 radical (unpaired) electrons. The first-order valence-corrected chi connectivity index (χ1v) is 8.67. The van der Waals surface area contributed by atoms with Gasteiger partial charge in [-0.2, -0.15) is 4.98 Å². The van der Waals surface area contributed by atoms with Crippen molar-refractivity contribution in [1.29, 1.82) is 0 Å². The first-order chi connectivity index (χ1) is 12.3. The summed E-state index contributed by atoms with van der Waals surface area (Å²) in [4.78, 5) is 6.83. The molecule has 3 aromatic rings. The van der Waals surface area contributed by atoms with Crippen LogP contribution in [-0.2, 0) is 6.54 Å². The molecule has 0 bridgehead atoms. The van der Waals surface area contributed by atoms with Crippen LogP contribution in [0.1, 0.15) is 36.8 Å². The van der Waals surface area contributed by atoms with Crippen molar-refractivity contribution in [2.45, 2.75) is 31.8 Å². The van der Waals surface area contributed by atoms with E-state index in [1.807, 2.05) is 36.4 Å². The third-order valence-corrected chi connectivity index (χ3v) is 4.69. The van der Waals surface area contributed by atoms with Gasteiger partial charge in [-0.3, -0.25) is 4.90 Å². The van der Waals surface area contributed by atoms with Crippen LogP contribution in [-0.4, -0.2) is 21.6 Å². The highest BCUT2D eigenvalue weighted by Crippen LogP contribution is 2.32. The summed E-state index contributed by atoms with van der Waals surface area (Å²) in [6.45, 7) is 1.53. The number of nitrogens with zero attached hydrogens (tertiary/aromatic N) is 3. The minimum absolute atomic E-state index is 0.188. The summed E-state index contributed by atoms with van der Waals surface area (Å²) < 4.78 is 19.1. The van der Waals surface area contributed by atoms with Gasteiger partial charge in [0.15, 0.2) is 0 Å². The van der Waals surface area contributed by atoms with Crippen LogP contribution in [0.15, 0.2) is 59.1 Å². The molecule has 0 N–H and O–H groups in total. The highest BCUT2D eigenvalue weighted by molar-refractivity contribution is 5.53. The molecule has 4 rings (SSSR count). The van der Waals surface area contributed by atoms with Crippen molar-refractivity contribution >= 4 is 0 Å². The lowest BCUT2D eigenvalue weighted by molar-refractivity contribution is 0.123. The maximum Gasteiger partial charge on any atom is 0.241 e. The van der Waals surface area contributed by atoms with Gasteiger partial charge in [0.25, 0.3) is 0 Å². The third-order valence-electron chi connectivity index (χ3n) is 4.69. The molecule has 1 unspecified atom stereocenters. The fraction of sp³-hybridized carbons (Fsp3) is 0.300. The number of benzene rings is 2. The Kier molecular flexibility index (Phi) is 4.57. The molecule has 0 spiro atoms. The van der Waals surface area contributed by atoms with E-state index in [9.17, 15) is 4.39 Å². The van der Waals surface area contributed by atoms with Crippen molar-refractivity contribution in [1.82, 2.24) is 15.0 Å². The lowest BCUT2D eigenvalue weighted by atomic mass is 9.95. The Balaban J connectivity index is 1.53. The fourth-order valence-corrected chi connectivity index (χ4v) is 3.47. The maximum atomic E-state index is 13.6. The van der Waals surface area contributed by atoms with Crippen molar-refractivity contribution in [3.05, 3.63) is 71.9 Å². The Labute approximate surface area is 146 Å². The molecule has 2 aromatic carbocycles. The predicted molar refractivity (Wildman–Crippen MR) is 93.1 cm³/mol. The first kappa shape index (κ1) is 16.0. The molecule has 1 aliphatic rings. The molecule has 0 saturated carbocycles. The Morgan fingerprint density at radius 2 is 1.96 bits per heavy atom. The van der Waals surface area contributed by atoms with Gasteiger partial charge in [-0.15, -0.1) is 0 Å². The van der Waals surface area contributed by atoms with Gasteiger partial charge in [0.2, 0.25) is 11.7 Å². The van der Waals surface area contributed by atoms with Crippen molar-refractivity contribution in [2.75, 3.05) is 6.54 Å². The van der Waals surface area contributed by atoms with E-state index < -0.39 is 0 Å². The van der Waals surface area contributed by atoms with E-state index in [4.69, 9.17) is 4.52 Å². The van der Waals surface area contributed by atoms with Gasteiger partial charge in [0, 0.05) is 11.6 Å². The molecule has 2 heterocycles. The van der Waals surface area contributed by atoms with E-state index in [1.165, 1.54) is 6.07 Å². The third kappa shape index (κ3) is 3.61. The molecule has 0 amide bonds. The smallest absolute Gasteiger partial charge is 0.241 e. The van der Waals surface area contributed by atoms with Gasteiger partial charge in [0.05, 0.1) is 6.54 Å². The molecular weight excluding hydrogens is 317 g/mol. The van der Waals surface area contributed by atoms with Crippen LogP contribution >= 0.6 is 0 Å². The molecule has 5 heteroatoms. The molecular formula is C20H20FN3O. The van der Waals surface area contributed by atoms with Gasteiger partial charge >= 0.3 is 0 Å². The zero-order valence-electron chi connectivity index (χ0n) is 13.9. The molecule has 1 atom stereocenters. The second-order valence-electron chi connectivity index (χ2n) is 6.41. The standard InChI is InChI=1S/C20H20FN3O/c21-17-10-6-9-16(13-17)18-11-4-5-12-24(18)14-19-22-20(23-25-19)15-7-2-1-3-8-15/h1-3,6-10,13,18H,4-5,11-12,14H2. The van der Waals surface area contributed by atoms with E-state index in [0.717, 1.165) is 36.9 Å². The summed E-state index contributed by atoms with van der Waals surface area (Å²) in [5.74, 6) is 1.02. The highest BCUT2D eigenvalue weighted by atomic mass is 19.1. The monoisotopic (exact) mass is 337 g/mol. The number of hydrogen-bond donors (Lipinski definition) is 0. The summed E-state index contributed by atoms with van der Waals surface area (Å²) in [5.41, 5.74) is 1.96. The molecule has 4 nitrogen and oxygen atoms in total. The topological polar surface area (TPSA) is 42.2 Å². The second-order valence-corrected chi connectivity index (χ2v) is 6.41. The predicted octanol–water partition coefficient (Wildman–Crippen LogP) is 4.60. The van der Waals surface area contributed by atoms with Crippen LogP contribution in [0, 0.1) is 5.82 Å². The van der Waals surface area contributed by atoms with Gasteiger partial charge in [-0.1, -0.05) is 54.0 Å². The van der Waals surface area contributed by atoms with E-state index >= 15 is 0 Å². The molecule has 1 aromatic heterocycles. The summed E-state index contributed by atoms with van der Waals surface area (Å²) in [6, 6.07) is 16.9. The van der Waals surface area contributed by atoms with Crippen LogP contribution in [0.25, 0.3) is 11.4 Å². The van der Waals surface area contributed by atoms with Gasteiger partial charge in [-0.05, 0) is 37.1 Å². The van der Waals surface area contributed by atoms with Crippen molar-refractivity contribution in [3.63, 3.8) is 0 Å². The molecule has 1 saturated heterocycles. The van der Waals surface area contributed by atoms with Crippen LogP contribution in [0.3, 0.4) is 0 Å². The Bertz CT molecular complexity index is 834. The minimum atomic E-state index is -0.188. The quantitative estimate of drug-likeness (QED) is 0.697. The SMILES string of the molecule is Fc1cccc(C2CCCCN2Cc2nc(-c3ccccc3)no2)c1.